The van der Waals surface area contributed by atoms with Crippen LogP contribution in [0, 0.1) is 5.82 Å². The maximum Gasteiger partial charge on any atom is 0.417 e. The fourth-order valence-corrected chi connectivity index (χ4v) is 4.13. The summed E-state index contributed by atoms with van der Waals surface area (Å²) in [5.74, 6) is -1.01. The Morgan fingerprint density at radius 2 is 1.79 bits per heavy atom. The first kappa shape index (κ1) is 25.0. The van der Waals surface area contributed by atoms with E-state index in [2.05, 4.69) is 9.97 Å². The first-order valence-electron chi connectivity index (χ1n) is 10.7. The molecule has 0 aliphatic rings. The number of aromatic nitrogens is 2. The highest BCUT2D eigenvalue weighted by Gasteiger charge is 2.56. The van der Waals surface area contributed by atoms with E-state index in [0.717, 1.165) is 30.4 Å². The largest absolute Gasteiger partial charge is 0.508 e. The van der Waals surface area contributed by atoms with Crippen molar-refractivity contribution in [3.8, 4) is 5.75 Å². The highest BCUT2D eigenvalue weighted by Crippen LogP contribution is 2.45. The Balaban J connectivity index is 1.93. The molecule has 0 saturated heterocycles. The number of halogens is 4. The summed E-state index contributed by atoms with van der Waals surface area (Å²) in [5.41, 5.74) is -2.46. The minimum absolute atomic E-state index is 0.00632. The number of hydrogen-bond donors (Lipinski definition) is 3. The van der Waals surface area contributed by atoms with Gasteiger partial charge in [-0.1, -0.05) is 20.8 Å². The molecule has 2 heterocycles. The minimum atomic E-state index is -4.97. The maximum atomic E-state index is 14.1. The van der Waals surface area contributed by atoms with E-state index < -0.39 is 35.9 Å². The van der Waals surface area contributed by atoms with E-state index in [4.69, 9.17) is 0 Å². The number of benzene rings is 1. The van der Waals surface area contributed by atoms with Crippen LogP contribution in [0.25, 0.3) is 11.0 Å². The molecule has 3 N–H and O–H groups in total. The number of H-pyrrole nitrogens is 1. The fraction of sp³-hybridized carbons (Fsp3) is 0.458. The molecule has 0 bridgehead atoms. The van der Waals surface area contributed by atoms with Crippen LogP contribution in [0.1, 0.15) is 44.1 Å². The molecule has 180 valence electrons. The van der Waals surface area contributed by atoms with Crippen LogP contribution >= 0.6 is 0 Å². The lowest BCUT2D eigenvalue weighted by atomic mass is 9.73. The molecule has 0 spiro atoms. The second kappa shape index (κ2) is 8.95. The van der Waals surface area contributed by atoms with Crippen LogP contribution < -0.4 is 0 Å². The molecule has 3 rings (SSSR count). The summed E-state index contributed by atoms with van der Waals surface area (Å²) in [4.78, 5) is 9.48. The number of phenolic OH excluding ortho intramolecular Hbond substituents is 1. The molecule has 0 amide bonds. The number of alkyl halides is 3. The lowest BCUT2D eigenvalue weighted by Crippen LogP contribution is -2.50. The van der Waals surface area contributed by atoms with Gasteiger partial charge in [-0.2, -0.15) is 13.2 Å². The van der Waals surface area contributed by atoms with E-state index in [1.165, 1.54) is 19.9 Å². The Bertz CT molecular complexity index is 1130. The standard InChI is InChI=1S/C24H29F4N3O2/c1-5-31(4)13-16-7-8-19-20(29-16)11-17(30-19)12-23(33,24(26,27)28)14-22(2,3)18-10-15(25)6-9-21(18)32/h6-11,30,32-33H,5,12-14H2,1-4H3. The molecule has 3 aromatic rings. The number of rotatable bonds is 8. The van der Waals surface area contributed by atoms with E-state index >= 15 is 0 Å². The van der Waals surface area contributed by atoms with Crippen molar-refractivity contribution in [1.29, 1.82) is 0 Å². The molecule has 0 fully saturated rings. The summed E-state index contributed by atoms with van der Waals surface area (Å²) in [7, 11) is 1.94. The molecule has 0 saturated carbocycles. The van der Waals surface area contributed by atoms with Crippen molar-refractivity contribution in [1.82, 2.24) is 14.9 Å². The van der Waals surface area contributed by atoms with Crippen LogP contribution in [0.5, 0.6) is 5.75 Å². The van der Waals surface area contributed by atoms with Gasteiger partial charge >= 0.3 is 6.18 Å². The third kappa shape index (κ3) is 5.47. The van der Waals surface area contributed by atoms with Crippen LogP contribution in [0.4, 0.5) is 17.6 Å². The lowest BCUT2D eigenvalue weighted by molar-refractivity contribution is -0.266. The van der Waals surface area contributed by atoms with Crippen LogP contribution in [-0.2, 0) is 18.4 Å². The van der Waals surface area contributed by atoms with Crippen LogP contribution in [0.3, 0.4) is 0 Å². The topological polar surface area (TPSA) is 72.4 Å². The van der Waals surface area contributed by atoms with Crippen molar-refractivity contribution in [2.75, 3.05) is 13.6 Å². The molecule has 0 aliphatic carbocycles. The molecule has 1 unspecified atom stereocenters. The number of pyridine rings is 1. The van der Waals surface area contributed by atoms with Crippen molar-refractivity contribution < 1.29 is 27.8 Å². The summed E-state index contributed by atoms with van der Waals surface area (Å²) in [6, 6.07) is 8.18. The normalized spacial score (nSPS) is 14.7. The molecule has 1 aromatic carbocycles. The van der Waals surface area contributed by atoms with E-state index in [0.29, 0.717) is 17.6 Å². The summed E-state index contributed by atoms with van der Waals surface area (Å²) in [5, 5.41) is 21.0. The molecule has 33 heavy (non-hydrogen) atoms. The summed E-state index contributed by atoms with van der Waals surface area (Å²) < 4.78 is 56.0. The van der Waals surface area contributed by atoms with E-state index in [-0.39, 0.29) is 17.0 Å². The van der Waals surface area contributed by atoms with Crippen molar-refractivity contribution in [3.63, 3.8) is 0 Å². The average molecular weight is 468 g/mol. The predicted molar refractivity (Wildman–Crippen MR) is 119 cm³/mol. The zero-order chi connectivity index (χ0) is 24.6. The molecular formula is C24H29F4N3O2. The van der Waals surface area contributed by atoms with Gasteiger partial charge in [-0.3, -0.25) is 0 Å². The molecule has 0 aliphatic heterocycles. The van der Waals surface area contributed by atoms with Gasteiger partial charge in [-0.05, 0) is 61.8 Å². The molecule has 0 radical (unpaired) electrons. The highest BCUT2D eigenvalue weighted by molar-refractivity contribution is 5.76. The van der Waals surface area contributed by atoms with Gasteiger partial charge in [-0.25, -0.2) is 9.37 Å². The first-order valence-corrected chi connectivity index (χ1v) is 10.7. The Labute approximate surface area is 190 Å². The number of fused-ring (bicyclic) bond motifs is 1. The SMILES string of the molecule is CCN(C)Cc1ccc2[nH]c(CC(O)(CC(C)(C)c3cc(F)ccc3O)C(F)(F)F)cc2n1. The Kier molecular flexibility index (Phi) is 6.77. The summed E-state index contributed by atoms with van der Waals surface area (Å²) in [6.07, 6.45) is -6.49. The maximum absolute atomic E-state index is 14.1. The summed E-state index contributed by atoms with van der Waals surface area (Å²) >= 11 is 0. The summed E-state index contributed by atoms with van der Waals surface area (Å²) in [6.45, 7) is 6.30. The fourth-order valence-electron chi connectivity index (χ4n) is 4.13. The molecule has 1 atom stereocenters. The van der Waals surface area contributed by atoms with Crippen LogP contribution in [-0.4, -0.2) is 50.5 Å². The van der Waals surface area contributed by atoms with E-state index in [1.807, 2.05) is 18.9 Å². The van der Waals surface area contributed by atoms with E-state index in [9.17, 15) is 27.8 Å². The van der Waals surface area contributed by atoms with Crippen molar-refractivity contribution in [3.05, 3.63) is 59.2 Å². The van der Waals surface area contributed by atoms with Crippen molar-refractivity contribution in [2.45, 2.75) is 57.3 Å². The molecular weight excluding hydrogens is 438 g/mol. The van der Waals surface area contributed by atoms with Crippen molar-refractivity contribution in [2.24, 2.45) is 0 Å². The second-order valence-electron chi connectivity index (χ2n) is 9.29. The molecule has 9 heteroatoms. The van der Waals surface area contributed by atoms with Crippen molar-refractivity contribution >= 4 is 11.0 Å². The zero-order valence-corrected chi connectivity index (χ0v) is 19.1. The van der Waals surface area contributed by atoms with Gasteiger partial charge in [0.15, 0.2) is 5.60 Å². The number of nitrogens with one attached hydrogen (secondary N) is 1. The number of aliphatic hydroxyl groups is 1. The molecule has 2 aromatic heterocycles. The van der Waals surface area contributed by atoms with Crippen LogP contribution in [0.15, 0.2) is 36.4 Å². The van der Waals surface area contributed by atoms with E-state index in [1.54, 1.807) is 12.1 Å². The zero-order valence-electron chi connectivity index (χ0n) is 19.1. The third-order valence-corrected chi connectivity index (χ3v) is 5.99. The van der Waals surface area contributed by atoms with Gasteiger partial charge in [0.2, 0.25) is 0 Å². The number of aromatic hydroxyl groups is 1. The first-order chi connectivity index (χ1) is 15.2. The number of phenols is 1. The average Bonchev–Trinajstić information content (AvgIpc) is 3.09. The smallest absolute Gasteiger partial charge is 0.417 e. The predicted octanol–water partition coefficient (Wildman–Crippen LogP) is 5.06. The number of hydrogen-bond acceptors (Lipinski definition) is 4. The highest BCUT2D eigenvalue weighted by atomic mass is 19.4. The Hall–Kier alpha value is -2.65. The van der Waals surface area contributed by atoms with Gasteiger partial charge in [-0.15, -0.1) is 0 Å². The second-order valence-corrected chi connectivity index (χ2v) is 9.29. The number of aromatic amines is 1. The van der Waals surface area contributed by atoms with Crippen LogP contribution in [0.2, 0.25) is 0 Å². The van der Waals surface area contributed by atoms with Gasteiger partial charge < -0.3 is 20.1 Å². The third-order valence-electron chi connectivity index (χ3n) is 5.99. The molecule has 5 nitrogen and oxygen atoms in total. The Morgan fingerprint density at radius 3 is 2.42 bits per heavy atom. The van der Waals surface area contributed by atoms with Gasteiger partial charge in [0, 0.05) is 24.2 Å². The van der Waals surface area contributed by atoms with Gasteiger partial charge in [0.05, 0.1) is 16.7 Å². The lowest BCUT2D eigenvalue weighted by Gasteiger charge is -2.38. The quantitative estimate of drug-likeness (QED) is 0.405. The number of nitrogens with zero attached hydrogens (tertiary/aromatic N) is 2. The monoisotopic (exact) mass is 467 g/mol. The van der Waals surface area contributed by atoms with Gasteiger partial charge in [0.25, 0.3) is 0 Å². The van der Waals surface area contributed by atoms with Gasteiger partial charge in [0.1, 0.15) is 11.6 Å². The Morgan fingerprint density at radius 1 is 1.09 bits per heavy atom. The minimum Gasteiger partial charge on any atom is -0.508 e.